The lowest BCUT2D eigenvalue weighted by Gasteiger charge is -2.17. The van der Waals surface area contributed by atoms with E-state index in [0.717, 1.165) is 37.2 Å². The number of hydrogen-bond donors (Lipinski definition) is 1. The number of para-hydroxylation sites is 1. The normalized spacial score (nSPS) is 10.4. The summed E-state index contributed by atoms with van der Waals surface area (Å²) in [4.78, 5) is 10.6. The van der Waals surface area contributed by atoms with Gasteiger partial charge in [-0.3, -0.25) is 4.98 Å². The van der Waals surface area contributed by atoms with Crippen LogP contribution in [-0.4, -0.2) is 47.4 Å². The van der Waals surface area contributed by atoms with Gasteiger partial charge in [0, 0.05) is 32.5 Å². The van der Waals surface area contributed by atoms with E-state index < -0.39 is 0 Å². The van der Waals surface area contributed by atoms with Crippen LogP contribution in [0.4, 0.5) is 11.8 Å². The molecule has 0 unspecified atom stereocenters. The highest BCUT2D eigenvalue weighted by Gasteiger charge is 2.07. The Labute approximate surface area is 159 Å². The van der Waals surface area contributed by atoms with E-state index in [1.54, 1.807) is 25.7 Å². The third kappa shape index (κ3) is 5.37. The van der Waals surface area contributed by atoms with Crippen LogP contribution in [0.3, 0.4) is 0 Å². The third-order valence-corrected chi connectivity index (χ3v) is 4.27. The minimum absolute atomic E-state index is 0.603. The molecule has 0 saturated carbocycles. The summed E-state index contributed by atoms with van der Waals surface area (Å²) in [5.74, 6) is 2.22. The second-order valence-electron chi connectivity index (χ2n) is 6.16. The van der Waals surface area contributed by atoms with Gasteiger partial charge in [0.1, 0.15) is 5.75 Å². The van der Waals surface area contributed by atoms with Crippen LogP contribution in [-0.2, 0) is 12.8 Å². The molecule has 3 rings (SSSR count). The van der Waals surface area contributed by atoms with Crippen molar-refractivity contribution < 1.29 is 4.74 Å². The molecule has 0 aliphatic rings. The van der Waals surface area contributed by atoms with E-state index in [1.165, 1.54) is 5.56 Å². The molecule has 0 aliphatic carbocycles. The van der Waals surface area contributed by atoms with E-state index >= 15 is 0 Å². The molecule has 140 valence electrons. The Morgan fingerprint density at radius 1 is 1.07 bits per heavy atom. The molecule has 0 spiro atoms. The molecular formula is C20H24N6O. The molecule has 0 saturated heterocycles. The quantitative estimate of drug-likeness (QED) is 0.625. The first-order valence-electron chi connectivity index (χ1n) is 8.92. The number of ether oxygens (including phenoxy) is 1. The number of benzene rings is 1. The molecule has 1 aromatic carbocycles. The van der Waals surface area contributed by atoms with Gasteiger partial charge in [0.15, 0.2) is 5.82 Å². The van der Waals surface area contributed by atoms with Crippen LogP contribution >= 0.6 is 0 Å². The molecule has 3 aromatic rings. The maximum Gasteiger partial charge on any atom is 0.247 e. The first-order valence-corrected chi connectivity index (χ1v) is 8.92. The Bertz CT molecular complexity index is 843. The zero-order chi connectivity index (χ0) is 18.9. The topological polar surface area (TPSA) is 76.1 Å². The van der Waals surface area contributed by atoms with E-state index in [2.05, 4.69) is 31.5 Å². The van der Waals surface area contributed by atoms with Gasteiger partial charge < -0.3 is 15.0 Å². The summed E-state index contributed by atoms with van der Waals surface area (Å²) in [6.45, 7) is 1.54. The van der Waals surface area contributed by atoms with Gasteiger partial charge in [-0.1, -0.05) is 18.2 Å². The number of hydrogen-bond acceptors (Lipinski definition) is 7. The Kier molecular flexibility index (Phi) is 6.51. The smallest absolute Gasteiger partial charge is 0.247 e. The van der Waals surface area contributed by atoms with E-state index in [9.17, 15) is 0 Å². The number of anilines is 2. The summed E-state index contributed by atoms with van der Waals surface area (Å²) in [6.07, 6.45) is 6.98. The van der Waals surface area contributed by atoms with Crippen molar-refractivity contribution in [1.29, 1.82) is 0 Å². The highest BCUT2D eigenvalue weighted by atomic mass is 16.5. The summed E-state index contributed by atoms with van der Waals surface area (Å²) in [6, 6.07) is 12.1. The SMILES string of the molecule is COc1ccccc1CCNc1cnnc(N(C)CCc2ccncc2)n1. The lowest BCUT2D eigenvalue weighted by molar-refractivity contribution is 0.410. The number of methoxy groups -OCH3 is 1. The van der Waals surface area contributed by atoms with Crippen molar-refractivity contribution in [2.24, 2.45) is 0 Å². The fourth-order valence-corrected chi connectivity index (χ4v) is 2.72. The molecule has 2 aromatic heterocycles. The predicted molar refractivity (Wildman–Crippen MR) is 106 cm³/mol. The van der Waals surface area contributed by atoms with Crippen LogP contribution in [0.25, 0.3) is 0 Å². The van der Waals surface area contributed by atoms with Gasteiger partial charge in [0.2, 0.25) is 5.95 Å². The minimum Gasteiger partial charge on any atom is -0.496 e. The number of likely N-dealkylation sites (N-methyl/N-ethyl adjacent to an activating group) is 1. The molecular weight excluding hydrogens is 340 g/mol. The second-order valence-corrected chi connectivity index (χ2v) is 6.16. The minimum atomic E-state index is 0.603. The number of pyridine rings is 1. The number of nitrogens with zero attached hydrogens (tertiary/aromatic N) is 5. The molecule has 0 amide bonds. The second kappa shape index (κ2) is 9.47. The zero-order valence-corrected chi connectivity index (χ0v) is 15.7. The van der Waals surface area contributed by atoms with Crippen molar-refractivity contribution in [3.8, 4) is 5.75 Å². The molecule has 0 radical (unpaired) electrons. The fraction of sp³-hybridized carbons (Fsp3) is 0.300. The van der Waals surface area contributed by atoms with Crippen molar-refractivity contribution >= 4 is 11.8 Å². The van der Waals surface area contributed by atoms with Crippen molar-refractivity contribution in [1.82, 2.24) is 20.2 Å². The Hall–Kier alpha value is -3.22. The molecule has 0 bridgehead atoms. The Morgan fingerprint density at radius 3 is 2.70 bits per heavy atom. The first kappa shape index (κ1) is 18.6. The molecule has 0 aliphatic heterocycles. The largest absolute Gasteiger partial charge is 0.496 e. The lowest BCUT2D eigenvalue weighted by Crippen LogP contribution is -2.23. The van der Waals surface area contributed by atoms with Crippen LogP contribution < -0.4 is 15.0 Å². The molecule has 0 fully saturated rings. The lowest BCUT2D eigenvalue weighted by atomic mass is 10.1. The molecule has 0 atom stereocenters. The molecule has 7 heteroatoms. The number of aromatic nitrogens is 4. The van der Waals surface area contributed by atoms with Crippen LogP contribution in [0.15, 0.2) is 55.0 Å². The van der Waals surface area contributed by atoms with Crippen LogP contribution in [0.5, 0.6) is 5.75 Å². The van der Waals surface area contributed by atoms with Gasteiger partial charge in [-0.05, 0) is 42.2 Å². The summed E-state index contributed by atoms with van der Waals surface area (Å²) in [5, 5.41) is 11.5. The van der Waals surface area contributed by atoms with E-state index in [-0.39, 0.29) is 0 Å². The average Bonchev–Trinajstić information content (AvgIpc) is 2.73. The van der Waals surface area contributed by atoms with Crippen LogP contribution in [0.1, 0.15) is 11.1 Å². The third-order valence-electron chi connectivity index (χ3n) is 4.27. The maximum atomic E-state index is 5.39. The van der Waals surface area contributed by atoms with Gasteiger partial charge in [0.25, 0.3) is 0 Å². The van der Waals surface area contributed by atoms with Crippen molar-refractivity contribution in [2.45, 2.75) is 12.8 Å². The standard InChI is InChI=1S/C20H24N6O/c1-26(14-10-16-7-11-21-12-8-16)20-24-19(15-23-25-20)22-13-9-17-5-3-4-6-18(17)27-2/h3-8,11-12,15H,9-10,13-14H2,1-2H3,(H,22,24,25). The van der Waals surface area contributed by atoms with Gasteiger partial charge >= 0.3 is 0 Å². The molecule has 2 heterocycles. The maximum absolute atomic E-state index is 5.39. The van der Waals surface area contributed by atoms with Crippen LogP contribution in [0.2, 0.25) is 0 Å². The molecule has 1 N–H and O–H groups in total. The molecule has 7 nitrogen and oxygen atoms in total. The summed E-state index contributed by atoms with van der Waals surface area (Å²) in [7, 11) is 3.66. The van der Waals surface area contributed by atoms with Crippen LogP contribution in [0, 0.1) is 0 Å². The zero-order valence-electron chi connectivity index (χ0n) is 15.7. The summed E-state index contributed by atoms with van der Waals surface area (Å²) < 4.78 is 5.39. The van der Waals surface area contributed by atoms with E-state index in [0.29, 0.717) is 11.8 Å². The van der Waals surface area contributed by atoms with E-state index in [4.69, 9.17) is 4.74 Å². The summed E-state index contributed by atoms with van der Waals surface area (Å²) in [5.41, 5.74) is 2.39. The molecule has 27 heavy (non-hydrogen) atoms. The van der Waals surface area contributed by atoms with Crippen molar-refractivity contribution in [3.63, 3.8) is 0 Å². The van der Waals surface area contributed by atoms with E-state index in [1.807, 2.05) is 42.3 Å². The van der Waals surface area contributed by atoms with Gasteiger partial charge in [0.05, 0.1) is 13.3 Å². The van der Waals surface area contributed by atoms with Gasteiger partial charge in [-0.2, -0.15) is 10.1 Å². The van der Waals surface area contributed by atoms with Gasteiger partial charge in [-0.25, -0.2) is 0 Å². The summed E-state index contributed by atoms with van der Waals surface area (Å²) >= 11 is 0. The Balaban J connectivity index is 1.53. The first-order chi connectivity index (χ1) is 13.3. The monoisotopic (exact) mass is 364 g/mol. The van der Waals surface area contributed by atoms with Crippen molar-refractivity contribution in [2.75, 3.05) is 37.5 Å². The average molecular weight is 364 g/mol. The Morgan fingerprint density at radius 2 is 1.89 bits per heavy atom. The van der Waals surface area contributed by atoms with Gasteiger partial charge in [-0.15, -0.1) is 5.10 Å². The van der Waals surface area contributed by atoms with Crippen molar-refractivity contribution in [3.05, 3.63) is 66.1 Å². The number of nitrogens with one attached hydrogen (secondary N) is 1. The highest BCUT2D eigenvalue weighted by molar-refractivity contribution is 5.39. The highest BCUT2D eigenvalue weighted by Crippen LogP contribution is 2.18. The number of rotatable bonds is 9. The fourth-order valence-electron chi connectivity index (χ4n) is 2.72. The predicted octanol–water partition coefficient (Wildman–Crippen LogP) is 2.61.